The average molecular weight is 380 g/mol. The molecule has 1 saturated heterocycles. The van der Waals surface area contributed by atoms with Crippen molar-refractivity contribution >= 4 is 11.9 Å². The minimum atomic E-state index is -5.08. The van der Waals surface area contributed by atoms with E-state index in [2.05, 4.69) is 21.4 Å². The number of rotatable bonds is 5. The predicted octanol–water partition coefficient (Wildman–Crippen LogP) is 1.13. The Kier molecular flexibility index (Phi) is 8.03. The van der Waals surface area contributed by atoms with Gasteiger partial charge in [0.25, 0.3) is 0 Å². The Hall–Kier alpha value is -2.14. The maximum Gasteiger partial charge on any atom is 0.490 e. The van der Waals surface area contributed by atoms with E-state index in [-0.39, 0.29) is 6.04 Å². The minimum Gasteiger partial charge on any atom is -0.480 e. The highest BCUT2D eigenvalue weighted by atomic mass is 19.4. The predicted molar refractivity (Wildman–Crippen MR) is 85.5 cm³/mol. The van der Waals surface area contributed by atoms with Crippen molar-refractivity contribution in [1.29, 1.82) is 0 Å². The largest absolute Gasteiger partial charge is 0.490 e. The van der Waals surface area contributed by atoms with Crippen molar-refractivity contribution in [2.24, 2.45) is 0 Å². The van der Waals surface area contributed by atoms with Crippen molar-refractivity contribution in [2.45, 2.75) is 39.2 Å². The summed E-state index contributed by atoms with van der Waals surface area (Å²) >= 11 is 0. The molecule has 2 N–H and O–H groups in total. The van der Waals surface area contributed by atoms with Crippen LogP contribution in [0.15, 0.2) is 12.4 Å². The highest BCUT2D eigenvalue weighted by Crippen LogP contribution is 2.13. The second-order valence-electron chi connectivity index (χ2n) is 5.76. The van der Waals surface area contributed by atoms with Gasteiger partial charge >= 0.3 is 18.1 Å². The van der Waals surface area contributed by atoms with E-state index in [1.165, 1.54) is 0 Å². The number of aryl methyl sites for hydroxylation is 1. The van der Waals surface area contributed by atoms with Crippen molar-refractivity contribution in [1.82, 2.24) is 19.4 Å². The van der Waals surface area contributed by atoms with Gasteiger partial charge in [-0.25, -0.2) is 9.78 Å². The normalized spacial score (nSPS) is 17.3. The molecule has 0 spiro atoms. The summed E-state index contributed by atoms with van der Waals surface area (Å²) in [5, 5.41) is 16.1. The summed E-state index contributed by atoms with van der Waals surface area (Å²) in [6.45, 7) is 9.05. The fraction of sp³-hybridized carbons (Fsp3) is 0.667. The van der Waals surface area contributed by atoms with Crippen LogP contribution in [0.1, 0.15) is 19.7 Å². The molecule has 0 radical (unpaired) electrons. The van der Waals surface area contributed by atoms with Crippen molar-refractivity contribution < 1.29 is 33.0 Å². The van der Waals surface area contributed by atoms with E-state index in [0.717, 1.165) is 45.1 Å². The molecule has 11 heteroatoms. The van der Waals surface area contributed by atoms with Gasteiger partial charge in [0.05, 0.1) is 6.54 Å². The Morgan fingerprint density at radius 2 is 1.77 bits per heavy atom. The van der Waals surface area contributed by atoms with Gasteiger partial charge in [-0.05, 0) is 13.8 Å². The van der Waals surface area contributed by atoms with Crippen LogP contribution in [-0.2, 0) is 22.7 Å². The summed E-state index contributed by atoms with van der Waals surface area (Å²) in [5.41, 5.74) is 0. The van der Waals surface area contributed by atoms with Gasteiger partial charge in [0, 0.05) is 45.1 Å². The number of nitrogens with zero attached hydrogens (tertiary/aromatic N) is 4. The number of aliphatic carboxylic acids is 2. The molecular weight excluding hydrogens is 357 g/mol. The van der Waals surface area contributed by atoms with Crippen LogP contribution in [0.25, 0.3) is 0 Å². The van der Waals surface area contributed by atoms with E-state index in [1.54, 1.807) is 6.92 Å². The summed E-state index contributed by atoms with van der Waals surface area (Å²) in [4.78, 5) is 28.6. The van der Waals surface area contributed by atoms with Crippen molar-refractivity contribution in [3.8, 4) is 0 Å². The topological polar surface area (TPSA) is 98.9 Å². The number of piperazine rings is 1. The molecule has 8 nitrogen and oxygen atoms in total. The van der Waals surface area contributed by atoms with Crippen molar-refractivity contribution in [2.75, 3.05) is 26.2 Å². The Labute approximate surface area is 148 Å². The van der Waals surface area contributed by atoms with Gasteiger partial charge in [-0.3, -0.25) is 14.6 Å². The summed E-state index contributed by atoms with van der Waals surface area (Å²) in [6, 6.07) is -0.389. The highest BCUT2D eigenvalue weighted by molar-refractivity contribution is 5.73. The molecule has 0 aliphatic carbocycles. The van der Waals surface area contributed by atoms with Gasteiger partial charge in [-0.15, -0.1) is 0 Å². The molecule has 0 saturated carbocycles. The number of hydrogen-bond donors (Lipinski definition) is 2. The number of carbonyl (C=O) groups is 2. The molecule has 0 aromatic carbocycles. The Bertz CT molecular complexity index is 598. The molecule has 1 aliphatic heterocycles. The maximum absolute atomic E-state index is 11.0. The lowest BCUT2D eigenvalue weighted by molar-refractivity contribution is -0.192. The maximum atomic E-state index is 11.0. The zero-order valence-electron chi connectivity index (χ0n) is 14.6. The number of carboxylic acid groups (broad SMARTS) is 2. The van der Waals surface area contributed by atoms with Crippen LogP contribution in [0.3, 0.4) is 0 Å². The summed E-state index contributed by atoms with van der Waals surface area (Å²) in [5.74, 6) is -2.41. The Morgan fingerprint density at radius 1 is 1.23 bits per heavy atom. The van der Waals surface area contributed by atoms with E-state index in [9.17, 15) is 18.0 Å². The molecule has 1 aromatic rings. The fourth-order valence-electron chi connectivity index (χ4n) is 2.44. The molecule has 2 rings (SSSR count). The van der Waals surface area contributed by atoms with E-state index < -0.39 is 18.1 Å². The molecule has 0 bridgehead atoms. The van der Waals surface area contributed by atoms with Crippen LogP contribution < -0.4 is 0 Å². The third-order valence-corrected chi connectivity index (χ3v) is 4.06. The molecule has 1 atom stereocenters. The van der Waals surface area contributed by atoms with Crippen LogP contribution in [0.4, 0.5) is 13.2 Å². The molecule has 0 amide bonds. The summed E-state index contributed by atoms with van der Waals surface area (Å²) in [6.07, 6.45) is -1.25. The van der Waals surface area contributed by atoms with Crippen molar-refractivity contribution in [3.63, 3.8) is 0 Å². The zero-order valence-corrected chi connectivity index (χ0v) is 14.6. The first kappa shape index (κ1) is 21.9. The molecule has 2 heterocycles. The standard InChI is InChI=1S/C13H22N4O2.C2HF3O2/c1-3-16-5-4-14-12(16)10-15-6-8-17(9-7-15)11(2)13(18)19;3-2(4,5)1(6)7/h4-5,11H,3,6-10H2,1-2H3,(H,18,19);(H,6,7). The smallest absolute Gasteiger partial charge is 0.480 e. The van der Waals surface area contributed by atoms with Gasteiger partial charge in [-0.1, -0.05) is 0 Å². The average Bonchev–Trinajstić information content (AvgIpc) is 3.01. The van der Waals surface area contributed by atoms with Gasteiger partial charge in [0.15, 0.2) is 0 Å². The summed E-state index contributed by atoms with van der Waals surface area (Å²) in [7, 11) is 0. The zero-order chi connectivity index (χ0) is 19.9. The van der Waals surface area contributed by atoms with E-state index in [1.807, 2.05) is 17.3 Å². The monoisotopic (exact) mass is 380 g/mol. The summed E-state index contributed by atoms with van der Waals surface area (Å²) < 4.78 is 33.9. The Morgan fingerprint density at radius 3 is 2.19 bits per heavy atom. The molecule has 26 heavy (non-hydrogen) atoms. The Balaban J connectivity index is 0.000000412. The molecule has 1 unspecified atom stereocenters. The van der Waals surface area contributed by atoms with Gasteiger partial charge in [0.1, 0.15) is 11.9 Å². The highest BCUT2D eigenvalue weighted by Gasteiger charge is 2.38. The lowest BCUT2D eigenvalue weighted by atomic mass is 10.2. The number of imidazole rings is 1. The van der Waals surface area contributed by atoms with Crippen LogP contribution in [0.2, 0.25) is 0 Å². The molecule has 1 aliphatic rings. The van der Waals surface area contributed by atoms with Gasteiger partial charge in [-0.2, -0.15) is 13.2 Å². The van der Waals surface area contributed by atoms with Crippen LogP contribution in [0, 0.1) is 0 Å². The number of alkyl halides is 3. The third-order valence-electron chi connectivity index (χ3n) is 4.06. The lowest BCUT2D eigenvalue weighted by Crippen LogP contribution is -2.51. The first-order valence-corrected chi connectivity index (χ1v) is 8.05. The first-order chi connectivity index (χ1) is 12.1. The molecule has 1 aromatic heterocycles. The van der Waals surface area contributed by atoms with Crippen LogP contribution >= 0.6 is 0 Å². The molecule has 148 valence electrons. The lowest BCUT2D eigenvalue weighted by Gasteiger charge is -2.36. The quantitative estimate of drug-likeness (QED) is 0.790. The van der Waals surface area contributed by atoms with E-state index >= 15 is 0 Å². The van der Waals surface area contributed by atoms with Gasteiger partial charge < -0.3 is 14.8 Å². The van der Waals surface area contributed by atoms with Crippen LogP contribution in [0.5, 0.6) is 0 Å². The van der Waals surface area contributed by atoms with Crippen LogP contribution in [-0.4, -0.2) is 79.9 Å². The molecule has 1 fully saturated rings. The third kappa shape index (κ3) is 6.64. The van der Waals surface area contributed by atoms with Crippen molar-refractivity contribution in [3.05, 3.63) is 18.2 Å². The number of halogens is 3. The first-order valence-electron chi connectivity index (χ1n) is 8.05. The number of hydrogen-bond acceptors (Lipinski definition) is 5. The second kappa shape index (κ2) is 9.53. The number of carboxylic acids is 2. The van der Waals surface area contributed by atoms with Gasteiger partial charge in [0.2, 0.25) is 0 Å². The minimum absolute atomic E-state index is 0.389. The molecular formula is C15H23F3N4O4. The number of aromatic nitrogens is 2. The van der Waals surface area contributed by atoms with E-state index in [0.29, 0.717) is 0 Å². The fourth-order valence-corrected chi connectivity index (χ4v) is 2.44. The van der Waals surface area contributed by atoms with E-state index in [4.69, 9.17) is 15.0 Å². The second-order valence-corrected chi connectivity index (χ2v) is 5.76. The SMILES string of the molecule is CCn1ccnc1CN1CCN(C(C)C(=O)O)CC1.O=C(O)C(F)(F)F.